The molecule has 1 aliphatic heterocycles. The molecular weight excluding hydrogens is 464 g/mol. The molecule has 1 aliphatic rings. The Balaban J connectivity index is 1.36. The number of hydrogen-bond donors (Lipinski definition) is 1. The van der Waals surface area contributed by atoms with Crippen molar-refractivity contribution in [3.63, 3.8) is 0 Å². The van der Waals surface area contributed by atoms with Crippen molar-refractivity contribution in [2.45, 2.75) is 44.6 Å². The summed E-state index contributed by atoms with van der Waals surface area (Å²) < 4.78 is 33.8. The van der Waals surface area contributed by atoms with Gasteiger partial charge < -0.3 is 14.7 Å². The van der Waals surface area contributed by atoms with E-state index in [4.69, 9.17) is 4.74 Å². The zero-order valence-corrected chi connectivity index (χ0v) is 20.2. The standard InChI is InChI=1S/C29H29F2NO4/c1-29(17-22-6-2-3-8-25(22)31)18-23-15-21(9-11-26(23)36-29)10-12-27(33)32(19-28(34)35)14-13-20-5-4-7-24(30)16-20/h2-9,11,15-16H,10,12-14,17-19H2,1H3,(H,34,35)/t29-/m1/s1. The first-order valence-corrected chi connectivity index (χ1v) is 12.0. The number of carboxylic acids is 1. The first-order valence-electron chi connectivity index (χ1n) is 12.0. The van der Waals surface area contributed by atoms with Gasteiger partial charge in [0.1, 0.15) is 29.5 Å². The fourth-order valence-corrected chi connectivity index (χ4v) is 4.69. The smallest absolute Gasteiger partial charge is 0.323 e. The van der Waals surface area contributed by atoms with Gasteiger partial charge in [-0.15, -0.1) is 0 Å². The molecule has 0 radical (unpaired) electrons. The molecule has 7 heteroatoms. The maximum atomic E-state index is 14.2. The van der Waals surface area contributed by atoms with E-state index >= 15 is 0 Å². The average Bonchev–Trinajstić information content (AvgIpc) is 3.16. The minimum absolute atomic E-state index is 0.155. The second-order valence-electron chi connectivity index (χ2n) is 9.53. The van der Waals surface area contributed by atoms with Gasteiger partial charge in [0.25, 0.3) is 0 Å². The number of halogens is 2. The molecule has 5 nitrogen and oxygen atoms in total. The number of ether oxygens (including phenoxy) is 1. The first kappa shape index (κ1) is 25.4. The van der Waals surface area contributed by atoms with Crippen molar-refractivity contribution >= 4 is 11.9 Å². The summed E-state index contributed by atoms with van der Waals surface area (Å²) >= 11 is 0. The van der Waals surface area contributed by atoms with Gasteiger partial charge in [0.15, 0.2) is 0 Å². The Labute approximate surface area is 209 Å². The van der Waals surface area contributed by atoms with Gasteiger partial charge >= 0.3 is 5.97 Å². The van der Waals surface area contributed by atoms with E-state index in [9.17, 15) is 23.5 Å². The lowest BCUT2D eigenvalue weighted by Gasteiger charge is -2.24. The zero-order valence-electron chi connectivity index (χ0n) is 20.2. The molecule has 0 fully saturated rings. The lowest BCUT2D eigenvalue weighted by atomic mass is 9.91. The lowest BCUT2D eigenvalue weighted by molar-refractivity contribution is -0.144. The molecule has 0 aromatic heterocycles. The van der Waals surface area contributed by atoms with Gasteiger partial charge in [-0.25, -0.2) is 8.78 Å². The van der Waals surface area contributed by atoms with E-state index in [1.54, 1.807) is 24.3 Å². The van der Waals surface area contributed by atoms with Crippen LogP contribution in [0.15, 0.2) is 66.7 Å². The largest absolute Gasteiger partial charge is 0.487 e. The Morgan fingerprint density at radius 3 is 2.53 bits per heavy atom. The Kier molecular flexibility index (Phi) is 7.67. The van der Waals surface area contributed by atoms with Crippen LogP contribution < -0.4 is 4.74 Å². The summed E-state index contributed by atoms with van der Waals surface area (Å²) in [6.07, 6.45) is 2.04. The lowest BCUT2D eigenvalue weighted by Crippen LogP contribution is -2.37. The second-order valence-corrected chi connectivity index (χ2v) is 9.53. The SMILES string of the molecule is C[C@@]1(Cc2ccccc2F)Cc2cc(CCC(=O)N(CCc3cccc(F)c3)CC(=O)O)ccc2O1. The van der Waals surface area contributed by atoms with Gasteiger partial charge in [0, 0.05) is 25.8 Å². The average molecular weight is 494 g/mol. The molecule has 0 saturated carbocycles. The number of rotatable bonds is 10. The van der Waals surface area contributed by atoms with Crippen molar-refractivity contribution < 1.29 is 28.2 Å². The van der Waals surface area contributed by atoms with Crippen LogP contribution in [0.2, 0.25) is 0 Å². The third kappa shape index (κ3) is 6.47. The summed E-state index contributed by atoms with van der Waals surface area (Å²) in [7, 11) is 0. The van der Waals surface area contributed by atoms with Gasteiger partial charge in [0.05, 0.1) is 0 Å². The number of aryl methyl sites for hydroxylation is 1. The van der Waals surface area contributed by atoms with Crippen molar-refractivity contribution in [1.29, 1.82) is 0 Å². The minimum atomic E-state index is -1.09. The number of hydrogen-bond acceptors (Lipinski definition) is 3. The van der Waals surface area contributed by atoms with E-state index in [0.29, 0.717) is 36.8 Å². The molecule has 0 bridgehead atoms. The van der Waals surface area contributed by atoms with E-state index in [-0.39, 0.29) is 30.5 Å². The maximum absolute atomic E-state index is 14.2. The molecule has 1 N–H and O–H groups in total. The van der Waals surface area contributed by atoms with Crippen LogP contribution in [-0.2, 0) is 35.3 Å². The Morgan fingerprint density at radius 1 is 1.00 bits per heavy atom. The Hall–Kier alpha value is -3.74. The van der Waals surface area contributed by atoms with E-state index in [1.165, 1.54) is 23.1 Å². The van der Waals surface area contributed by atoms with Crippen molar-refractivity contribution in [2.24, 2.45) is 0 Å². The molecule has 0 spiro atoms. The number of aliphatic carboxylic acids is 1. The molecule has 1 amide bonds. The maximum Gasteiger partial charge on any atom is 0.323 e. The molecule has 0 unspecified atom stereocenters. The van der Waals surface area contributed by atoms with Crippen molar-refractivity contribution in [2.75, 3.05) is 13.1 Å². The summed E-state index contributed by atoms with van der Waals surface area (Å²) in [6, 6.07) is 18.5. The first-order chi connectivity index (χ1) is 17.2. The molecule has 1 heterocycles. The minimum Gasteiger partial charge on any atom is -0.487 e. The summed E-state index contributed by atoms with van der Waals surface area (Å²) in [4.78, 5) is 25.4. The van der Waals surface area contributed by atoms with Crippen LogP contribution in [0.1, 0.15) is 35.6 Å². The molecule has 4 rings (SSSR count). The van der Waals surface area contributed by atoms with Crippen LogP contribution in [0.3, 0.4) is 0 Å². The monoisotopic (exact) mass is 493 g/mol. The van der Waals surface area contributed by atoms with Crippen LogP contribution in [0.5, 0.6) is 5.75 Å². The molecule has 1 atom stereocenters. The highest BCUT2D eigenvalue weighted by atomic mass is 19.1. The van der Waals surface area contributed by atoms with Crippen molar-refractivity contribution in [1.82, 2.24) is 4.90 Å². The highest BCUT2D eigenvalue weighted by molar-refractivity contribution is 5.81. The van der Waals surface area contributed by atoms with Crippen molar-refractivity contribution in [3.8, 4) is 5.75 Å². The second kappa shape index (κ2) is 10.9. The van der Waals surface area contributed by atoms with E-state index in [1.807, 2.05) is 31.2 Å². The van der Waals surface area contributed by atoms with E-state index < -0.39 is 18.1 Å². The molecular formula is C29H29F2NO4. The quantitative estimate of drug-likeness (QED) is 0.432. The fraction of sp³-hybridized carbons (Fsp3) is 0.310. The molecule has 0 aliphatic carbocycles. The van der Waals surface area contributed by atoms with Gasteiger partial charge in [0.2, 0.25) is 5.91 Å². The Morgan fingerprint density at radius 2 is 1.78 bits per heavy atom. The molecule has 36 heavy (non-hydrogen) atoms. The third-order valence-corrected chi connectivity index (χ3v) is 6.43. The molecule has 3 aromatic rings. The van der Waals surface area contributed by atoms with Crippen LogP contribution in [0.4, 0.5) is 8.78 Å². The molecule has 3 aromatic carbocycles. The van der Waals surface area contributed by atoms with Crippen LogP contribution in [-0.4, -0.2) is 40.6 Å². The van der Waals surface area contributed by atoms with Crippen LogP contribution in [0.25, 0.3) is 0 Å². The number of fused-ring (bicyclic) bond motifs is 1. The summed E-state index contributed by atoms with van der Waals surface area (Å²) in [5.74, 6) is -1.22. The summed E-state index contributed by atoms with van der Waals surface area (Å²) in [5.41, 5.74) is 2.70. The highest BCUT2D eigenvalue weighted by Gasteiger charge is 2.35. The molecule has 188 valence electrons. The number of carbonyl (C=O) groups excluding carboxylic acids is 1. The van der Waals surface area contributed by atoms with Crippen molar-refractivity contribution in [3.05, 3.63) is 101 Å². The predicted molar refractivity (Wildman–Crippen MR) is 132 cm³/mol. The predicted octanol–water partition coefficient (Wildman–Crippen LogP) is 4.99. The number of carboxylic acid groups (broad SMARTS) is 1. The number of nitrogens with zero attached hydrogens (tertiary/aromatic N) is 1. The number of carbonyl (C=O) groups is 2. The normalized spacial score (nSPS) is 16.3. The van der Waals surface area contributed by atoms with Gasteiger partial charge in [-0.2, -0.15) is 0 Å². The molecule has 0 saturated heterocycles. The summed E-state index contributed by atoms with van der Waals surface area (Å²) in [6.45, 7) is 1.76. The zero-order chi connectivity index (χ0) is 25.7. The van der Waals surface area contributed by atoms with Gasteiger partial charge in [-0.05, 0) is 66.3 Å². The van der Waals surface area contributed by atoms with E-state index in [0.717, 1.165) is 16.9 Å². The number of amides is 1. The van der Waals surface area contributed by atoms with Crippen LogP contribution in [0, 0.1) is 11.6 Å². The highest BCUT2D eigenvalue weighted by Crippen LogP contribution is 2.38. The number of benzene rings is 3. The summed E-state index contributed by atoms with van der Waals surface area (Å²) in [5, 5.41) is 9.25. The third-order valence-electron chi connectivity index (χ3n) is 6.43. The fourth-order valence-electron chi connectivity index (χ4n) is 4.69. The van der Waals surface area contributed by atoms with Crippen LogP contribution >= 0.6 is 0 Å². The Bertz CT molecular complexity index is 1260. The topological polar surface area (TPSA) is 66.8 Å². The van der Waals surface area contributed by atoms with Gasteiger partial charge in [-0.3, -0.25) is 9.59 Å². The van der Waals surface area contributed by atoms with E-state index in [2.05, 4.69) is 0 Å². The van der Waals surface area contributed by atoms with Gasteiger partial charge in [-0.1, -0.05) is 42.5 Å².